The van der Waals surface area contributed by atoms with Crippen molar-refractivity contribution in [2.75, 3.05) is 31.1 Å². The second-order valence-electron chi connectivity index (χ2n) is 4.96. The Balaban J connectivity index is 1.67. The van der Waals surface area contributed by atoms with Crippen LogP contribution in [0.4, 0.5) is 5.82 Å². The van der Waals surface area contributed by atoms with E-state index in [0.717, 1.165) is 41.8 Å². The number of carbonyl (C=O) groups excluding carboxylic acids is 1. The second-order valence-corrected chi connectivity index (χ2v) is 6.19. The molecule has 0 aromatic carbocycles. The Labute approximate surface area is 127 Å². The molecule has 0 radical (unpaired) electrons. The molecule has 110 valence electrons. The topological polar surface area (TPSA) is 62.2 Å². The van der Waals surface area contributed by atoms with E-state index in [0.29, 0.717) is 6.54 Å². The number of aromatic nitrogens is 3. The minimum Gasteiger partial charge on any atom is -0.353 e. The van der Waals surface area contributed by atoms with Crippen LogP contribution in [0.2, 0.25) is 0 Å². The van der Waals surface area contributed by atoms with Gasteiger partial charge in [0.1, 0.15) is 4.88 Å². The molecule has 21 heavy (non-hydrogen) atoms. The maximum absolute atomic E-state index is 12.5. The van der Waals surface area contributed by atoms with Crippen molar-refractivity contribution in [2.24, 2.45) is 0 Å². The molecule has 3 rings (SSSR count). The molecule has 0 bridgehead atoms. The van der Waals surface area contributed by atoms with Gasteiger partial charge in [-0.2, -0.15) is 5.10 Å². The van der Waals surface area contributed by atoms with E-state index in [2.05, 4.69) is 20.1 Å². The predicted molar refractivity (Wildman–Crippen MR) is 81.6 cm³/mol. The molecule has 1 saturated heterocycles. The van der Waals surface area contributed by atoms with Crippen LogP contribution in [-0.2, 0) is 0 Å². The summed E-state index contributed by atoms with van der Waals surface area (Å²) in [6.07, 6.45) is 4.27. The smallest absolute Gasteiger partial charge is 0.265 e. The summed E-state index contributed by atoms with van der Waals surface area (Å²) in [4.78, 5) is 21.4. The monoisotopic (exact) mass is 303 g/mol. The van der Waals surface area contributed by atoms with Crippen molar-refractivity contribution in [1.29, 1.82) is 0 Å². The average Bonchev–Trinajstić information content (AvgIpc) is 2.81. The third kappa shape index (κ3) is 3.18. The molecule has 7 heteroatoms. The van der Waals surface area contributed by atoms with E-state index in [9.17, 15) is 4.79 Å². The highest BCUT2D eigenvalue weighted by Crippen LogP contribution is 2.17. The highest BCUT2D eigenvalue weighted by atomic mass is 32.1. The summed E-state index contributed by atoms with van der Waals surface area (Å²) in [5, 5.41) is 8.98. The number of amides is 1. The number of hydrogen-bond acceptors (Lipinski definition) is 6. The molecule has 0 spiro atoms. The fourth-order valence-corrected chi connectivity index (χ4v) is 3.17. The molecule has 2 aromatic rings. The quantitative estimate of drug-likeness (QED) is 0.843. The molecular formula is C14H17N5OS. The Kier molecular flexibility index (Phi) is 4.10. The SMILES string of the molecule is Cc1ncc(C(=O)N2CCCN(c3cccnn3)CC2)s1. The van der Waals surface area contributed by atoms with Crippen LogP contribution < -0.4 is 4.90 Å². The summed E-state index contributed by atoms with van der Waals surface area (Å²) >= 11 is 1.46. The first-order chi connectivity index (χ1) is 10.2. The number of aryl methyl sites for hydroxylation is 1. The van der Waals surface area contributed by atoms with Crippen LogP contribution in [0, 0.1) is 6.92 Å². The zero-order valence-corrected chi connectivity index (χ0v) is 12.7. The van der Waals surface area contributed by atoms with Gasteiger partial charge in [0.25, 0.3) is 5.91 Å². The fourth-order valence-electron chi connectivity index (χ4n) is 2.43. The minimum absolute atomic E-state index is 0.0848. The molecule has 6 nitrogen and oxygen atoms in total. The molecule has 0 atom stereocenters. The lowest BCUT2D eigenvalue weighted by Crippen LogP contribution is -2.35. The maximum atomic E-state index is 12.5. The molecule has 0 unspecified atom stereocenters. The molecule has 3 heterocycles. The molecule has 1 aliphatic rings. The second kappa shape index (κ2) is 6.17. The summed E-state index contributed by atoms with van der Waals surface area (Å²) in [5.74, 6) is 0.960. The Morgan fingerprint density at radius 2 is 2.19 bits per heavy atom. The Morgan fingerprint density at radius 1 is 1.29 bits per heavy atom. The van der Waals surface area contributed by atoms with Crippen LogP contribution in [0.1, 0.15) is 21.1 Å². The van der Waals surface area contributed by atoms with E-state index in [1.807, 2.05) is 24.0 Å². The average molecular weight is 303 g/mol. The number of rotatable bonds is 2. The van der Waals surface area contributed by atoms with Gasteiger partial charge >= 0.3 is 0 Å². The van der Waals surface area contributed by atoms with Gasteiger partial charge < -0.3 is 9.80 Å². The summed E-state index contributed by atoms with van der Waals surface area (Å²) in [6.45, 7) is 5.06. The van der Waals surface area contributed by atoms with Crippen LogP contribution in [-0.4, -0.2) is 52.2 Å². The van der Waals surface area contributed by atoms with Crippen LogP contribution in [0.25, 0.3) is 0 Å². The molecular weight excluding hydrogens is 286 g/mol. The molecule has 0 N–H and O–H groups in total. The van der Waals surface area contributed by atoms with Crippen molar-refractivity contribution < 1.29 is 4.79 Å². The van der Waals surface area contributed by atoms with Crippen molar-refractivity contribution in [3.8, 4) is 0 Å². The van der Waals surface area contributed by atoms with Crippen LogP contribution >= 0.6 is 11.3 Å². The summed E-state index contributed by atoms with van der Waals surface area (Å²) in [7, 11) is 0. The van der Waals surface area contributed by atoms with E-state index in [1.54, 1.807) is 12.4 Å². The molecule has 1 aliphatic heterocycles. The van der Waals surface area contributed by atoms with Crippen LogP contribution in [0.5, 0.6) is 0 Å². The molecule has 0 aliphatic carbocycles. The first kappa shape index (κ1) is 13.9. The van der Waals surface area contributed by atoms with Crippen LogP contribution in [0.3, 0.4) is 0 Å². The molecule has 1 fully saturated rings. The van der Waals surface area contributed by atoms with Gasteiger partial charge in [-0.05, 0) is 25.5 Å². The van der Waals surface area contributed by atoms with Gasteiger partial charge in [-0.15, -0.1) is 16.4 Å². The van der Waals surface area contributed by atoms with Crippen molar-refractivity contribution in [2.45, 2.75) is 13.3 Å². The Bertz CT molecular complexity index is 615. The number of thiazole rings is 1. The first-order valence-electron chi connectivity index (χ1n) is 6.98. The van der Waals surface area contributed by atoms with E-state index in [-0.39, 0.29) is 5.91 Å². The van der Waals surface area contributed by atoms with Gasteiger partial charge in [-0.1, -0.05) is 0 Å². The number of nitrogens with zero attached hydrogens (tertiary/aromatic N) is 5. The molecule has 1 amide bonds. The van der Waals surface area contributed by atoms with Gasteiger partial charge in [0.05, 0.1) is 11.2 Å². The zero-order chi connectivity index (χ0) is 14.7. The molecule has 2 aromatic heterocycles. The largest absolute Gasteiger partial charge is 0.353 e. The fraction of sp³-hybridized carbons (Fsp3) is 0.429. The third-order valence-electron chi connectivity index (χ3n) is 3.50. The van der Waals surface area contributed by atoms with E-state index in [4.69, 9.17) is 0 Å². The van der Waals surface area contributed by atoms with Crippen molar-refractivity contribution in [3.63, 3.8) is 0 Å². The van der Waals surface area contributed by atoms with Crippen molar-refractivity contribution in [3.05, 3.63) is 34.4 Å². The lowest BCUT2D eigenvalue weighted by atomic mass is 10.3. The summed E-state index contributed by atoms with van der Waals surface area (Å²) in [5.41, 5.74) is 0. The highest BCUT2D eigenvalue weighted by Gasteiger charge is 2.22. The van der Waals surface area contributed by atoms with Crippen LogP contribution in [0.15, 0.2) is 24.5 Å². The Morgan fingerprint density at radius 3 is 2.90 bits per heavy atom. The standard InChI is InChI=1S/C14H17N5OS/c1-11-15-10-12(21-11)14(20)19-7-3-6-18(8-9-19)13-4-2-5-16-17-13/h2,4-5,10H,3,6-9H2,1H3. The van der Waals surface area contributed by atoms with E-state index in [1.165, 1.54) is 11.3 Å². The predicted octanol–water partition coefficient (Wildman–Crippen LogP) is 1.59. The summed E-state index contributed by atoms with van der Waals surface area (Å²) in [6, 6.07) is 3.84. The first-order valence-corrected chi connectivity index (χ1v) is 7.80. The highest BCUT2D eigenvalue weighted by molar-refractivity contribution is 7.13. The molecule has 0 saturated carbocycles. The van der Waals surface area contributed by atoms with E-state index >= 15 is 0 Å². The van der Waals surface area contributed by atoms with Crippen molar-refractivity contribution >= 4 is 23.1 Å². The number of anilines is 1. The third-order valence-corrected chi connectivity index (χ3v) is 4.40. The van der Waals surface area contributed by atoms with Gasteiger partial charge in [0, 0.05) is 32.4 Å². The van der Waals surface area contributed by atoms with E-state index < -0.39 is 0 Å². The Hall–Kier alpha value is -2.02. The maximum Gasteiger partial charge on any atom is 0.265 e. The van der Waals surface area contributed by atoms with Gasteiger partial charge in [0.2, 0.25) is 0 Å². The number of hydrogen-bond donors (Lipinski definition) is 0. The number of carbonyl (C=O) groups is 1. The normalized spacial score (nSPS) is 15.9. The van der Waals surface area contributed by atoms with Gasteiger partial charge in [-0.25, -0.2) is 4.98 Å². The van der Waals surface area contributed by atoms with Gasteiger partial charge in [-0.3, -0.25) is 4.79 Å². The minimum atomic E-state index is 0.0848. The summed E-state index contributed by atoms with van der Waals surface area (Å²) < 4.78 is 0. The lowest BCUT2D eigenvalue weighted by molar-refractivity contribution is 0.0771. The van der Waals surface area contributed by atoms with Crippen molar-refractivity contribution in [1.82, 2.24) is 20.1 Å². The van der Waals surface area contributed by atoms with Gasteiger partial charge in [0.15, 0.2) is 5.82 Å². The zero-order valence-electron chi connectivity index (χ0n) is 11.9. The lowest BCUT2D eigenvalue weighted by Gasteiger charge is -2.21.